The lowest BCUT2D eigenvalue weighted by molar-refractivity contribution is -0.134. The van der Waals surface area contributed by atoms with Crippen molar-refractivity contribution in [3.8, 4) is 17.0 Å². The van der Waals surface area contributed by atoms with Gasteiger partial charge in [-0.3, -0.25) is 9.78 Å². The summed E-state index contributed by atoms with van der Waals surface area (Å²) in [4.78, 5) is 23.5. The number of hydrogen-bond donors (Lipinski definition) is 0. The topological polar surface area (TPSA) is 81.4 Å². The van der Waals surface area contributed by atoms with Crippen molar-refractivity contribution < 1.29 is 18.4 Å². The van der Waals surface area contributed by atoms with Gasteiger partial charge in [0.25, 0.3) is 5.91 Å². The Balaban J connectivity index is 1.52. The maximum Gasteiger partial charge on any atom is 0.261 e. The van der Waals surface area contributed by atoms with Gasteiger partial charge in [-0.2, -0.15) is 0 Å². The molecule has 1 aromatic carbocycles. The number of carbonyl (C=O) groups is 1. The Bertz CT molecular complexity index is 1020. The molecule has 7 nitrogen and oxygen atoms in total. The third-order valence-electron chi connectivity index (χ3n) is 5.05. The number of hydrogen-bond acceptors (Lipinski definition) is 6. The SMILES string of the molecule is Cc1noc(C)c1-c1cncc(C2CCCN2C(=O)COc2ccccc2F)n1. The quantitative estimate of drug-likeness (QED) is 0.655. The molecule has 1 aliphatic rings. The van der Waals surface area contributed by atoms with Gasteiger partial charge in [-0.25, -0.2) is 9.37 Å². The average Bonchev–Trinajstić information content (AvgIpc) is 3.34. The van der Waals surface area contributed by atoms with Gasteiger partial charge in [0.1, 0.15) is 5.76 Å². The van der Waals surface area contributed by atoms with Gasteiger partial charge in [-0.05, 0) is 38.8 Å². The first-order valence-electron chi connectivity index (χ1n) is 9.46. The molecule has 8 heteroatoms. The minimum Gasteiger partial charge on any atom is -0.481 e. The van der Waals surface area contributed by atoms with Gasteiger partial charge >= 0.3 is 0 Å². The van der Waals surface area contributed by atoms with Crippen LogP contribution in [0.5, 0.6) is 5.75 Å². The minimum atomic E-state index is -0.490. The van der Waals surface area contributed by atoms with E-state index in [0.717, 1.165) is 24.1 Å². The first-order chi connectivity index (χ1) is 14.0. The van der Waals surface area contributed by atoms with E-state index in [-0.39, 0.29) is 24.3 Å². The summed E-state index contributed by atoms with van der Waals surface area (Å²) in [5.74, 6) is 0.0417. The number of likely N-dealkylation sites (tertiary alicyclic amines) is 1. The van der Waals surface area contributed by atoms with Crippen molar-refractivity contribution in [2.24, 2.45) is 0 Å². The van der Waals surface area contributed by atoms with Gasteiger partial charge in [0.15, 0.2) is 18.2 Å². The van der Waals surface area contributed by atoms with Crippen LogP contribution in [0, 0.1) is 19.7 Å². The Morgan fingerprint density at radius 2 is 2.14 bits per heavy atom. The van der Waals surface area contributed by atoms with Crippen LogP contribution in [-0.2, 0) is 4.79 Å². The predicted octanol–water partition coefficient (Wildman–Crippen LogP) is 3.63. The van der Waals surface area contributed by atoms with Crippen LogP contribution in [0.1, 0.15) is 36.0 Å². The summed E-state index contributed by atoms with van der Waals surface area (Å²) in [6.45, 7) is 4.05. The van der Waals surface area contributed by atoms with E-state index >= 15 is 0 Å². The number of carbonyl (C=O) groups excluding carboxylic acids is 1. The fraction of sp³-hybridized carbons (Fsp3) is 0.333. The summed E-state index contributed by atoms with van der Waals surface area (Å²) in [5.41, 5.74) is 2.93. The van der Waals surface area contributed by atoms with Crippen LogP contribution < -0.4 is 4.74 Å². The first kappa shape index (κ1) is 19.0. The largest absolute Gasteiger partial charge is 0.481 e. The lowest BCUT2D eigenvalue weighted by Crippen LogP contribution is -2.35. The number of benzene rings is 1. The fourth-order valence-electron chi connectivity index (χ4n) is 3.67. The van der Waals surface area contributed by atoms with Gasteiger partial charge in [-0.15, -0.1) is 0 Å². The molecule has 1 atom stereocenters. The highest BCUT2D eigenvalue weighted by atomic mass is 19.1. The molecular weight excluding hydrogens is 375 g/mol. The molecule has 0 saturated carbocycles. The van der Waals surface area contributed by atoms with E-state index in [9.17, 15) is 9.18 Å². The van der Waals surface area contributed by atoms with E-state index in [4.69, 9.17) is 14.2 Å². The van der Waals surface area contributed by atoms with Crippen LogP contribution in [-0.4, -0.2) is 39.1 Å². The molecule has 0 aliphatic carbocycles. The Hall–Kier alpha value is -3.29. The lowest BCUT2D eigenvalue weighted by atomic mass is 10.1. The molecular formula is C21H21FN4O3. The second kappa shape index (κ2) is 7.98. The predicted molar refractivity (Wildman–Crippen MR) is 103 cm³/mol. The molecule has 0 radical (unpaired) electrons. The van der Waals surface area contributed by atoms with Crippen LogP contribution >= 0.6 is 0 Å². The van der Waals surface area contributed by atoms with Crippen molar-refractivity contribution in [2.45, 2.75) is 32.7 Å². The zero-order valence-corrected chi connectivity index (χ0v) is 16.3. The maximum atomic E-state index is 13.7. The third kappa shape index (κ3) is 3.83. The molecule has 0 bridgehead atoms. The van der Waals surface area contributed by atoms with E-state index in [2.05, 4.69) is 10.1 Å². The van der Waals surface area contributed by atoms with E-state index in [1.807, 2.05) is 13.8 Å². The van der Waals surface area contributed by atoms with Crippen LogP contribution in [0.3, 0.4) is 0 Å². The monoisotopic (exact) mass is 396 g/mol. The summed E-state index contributed by atoms with van der Waals surface area (Å²) < 4.78 is 24.3. The van der Waals surface area contributed by atoms with Crippen molar-refractivity contribution in [3.63, 3.8) is 0 Å². The van der Waals surface area contributed by atoms with Crippen LogP contribution in [0.4, 0.5) is 4.39 Å². The number of nitrogens with zero attached hydrogens (tertiary/aromatic N) is 4. The molecule has 3 aromatic rings. The number of para-hydroxylation sites is 1. The molecule has 4 rings (SSSR count). The highest BCUT2D eigenvalue weighted by Gasteiger charge is 2.32. The Labute approximate surface area is 167 Å². The number of rotatable bonds is 5. The molecule has 29 heavy (non-hydrogen) atoms. The molecule has 2 aromatic heterocycles. The number of aromatic nitrogens is 3. The van der Waals surface area contributed by atoms with Crippen molar-refractivity contribution in [1.82, 2.24) is 20.0 Å². The summed E-state index contributed by atoms with van der Waals surface area (Å²) in [6, 6.07) is 5.85. The molecule has 1 saturated heterocycles. The molecule has 0 N–H and O–H groups in total. The van der Waals surface area contributed by atoms with Crippen molar-refractivity contribution in [1.29, 1.82) is 0 Å². The Morgan fingerprint density at radius 3 is 2.90 bits per heavy atom. The molecule has 1 aliphatic heterocycles. The summed E-state index contributed by atoms with van der Waals surface area (Å²) >= 11 is 0. The van der Waals surface area contributed by atoms with Gasteiger partial charge in [0.05, 0.1) is 41.1 Å². The summed E-state index contributed by atoms with van der Waals surface area (Å²) in [6.07, 6.45) is 4.98. The number of amides is 1. The zero-order chi connectivity index (χ0) is 20.4. The second-order valence-corrected chi connectivity index (χ2v) is 6.99. The van der Waals surface area contributed by atoms with E-state index < -0.39 is 5.82 Å². The molecule has 3 heterocycles. The number of halogens is 1. The van der Waals surface area contributed by atoms with Crippen LogP contribution in [0.2, 0.25) is 0 Å². The van der Waals surface area contributed by atoms with Gasteiger partial charge in [0, 0.05) is 6.54 Å². The first-order valence-corrected chi connectivity index (χ1v) is 9.46. The Kier molecular flexibility index (Phi) is 5.24. The zero-order valence-electron chi connectivity index (χ0n) is 16.3. The van der Waals surface area contributed by atoms with Crippen LogP contribution in [0.15, 0.2) is 41.2 Å². The normalized spacial score (nSPS) is 16.2. The smallest absolute Gasteiger partial charge is 0.261 e. The highest BCUT2D eigenvalue weighted by molar-refractivity contribution is 5.78. The fourth-order valence-corrected chi connectivity index (χ4v) is 3.67. The van der Waals surface area contributed by atoms with E-state index in [1.54, 1.807) is 29.4 Å². The maximum absolute atomic E-state index is 13.7. The second-order valence-electron chi connectivity index (χ2n) is 6.99. The van der Waals surface area contributed by atoms with Crippen LogP contribution in [0.25, 0.3) is 11.3 Å². The average molecular weight is 396 g/mol. The molecule has 1 unspecified atom stereocenters. The minimum absolute atomic E-state index is 0.0665. The Morgan fingerprint density at radius 1 is 1.31 bits per heavy atom. The highest BCUT2D eigenvalue weighted by Crippen LogP contribution is 2.32. The molecule has 150 valence electrons. The molecule has 1 amide bonds. The van der Waals surface area contributed by atoms with E-state index in [0.29, 0.717) is 23.7 Å². The third-order valence-corrected chi connectivity index (χ3v) is 5.05. The summed E-state index contributed by atoms with van der Waals surface area (Å²) in [7, 11) is 0. The summed E-state index contributed by atoms with van der Waals surface area (Å²) in [5, 5.41) is 3.97. The molecule has 0 spiro atoms. The standard InChI is InChI=1S/C21H21FN4O3/c1-13-21(14(2)29-25-13)17-11-23-10-16(24-17)18-7-5-9-26(18)20(27)12-28-19-8-4-3-6-15(19)22/h3-4,6,8,10-11,18H,5,7,9,12H2,1-2H3. The van der Waals surface area contributed by atoms with Crippen molar-refractivity contribution in [3.05, 3.63) is 59.6 Å². The number of ether oxygens (including phenoxy) is 1. The lowest BCUT2D eigenvalue weighted by Gasteiger charge is -2.24. The van der Waals surface area contributed by atoms with E-state index in [1.165, 1.54) is 12.1 Å². The number of aryl methyl sites for hydroxylation is 2. The van der Waals surface area contributed by atoms with Crippen molar-refractivity contribution >= 4 is 5.91 Å². The van der Waals surface area contributed by atoms with Gasteiger partial charge < -0.3 is 14.2 Å². The molecule has 1 fully saturated rings. The van der Waals surface area contributed by atoms with Gasteiger partial charge in [-0.1, -0.05) is 17.3 Å². The van der Waals surface area contributed by atoms with Gasteiger partial charge in [0.2, 0.25) is 0 Å². The van der Waals surface area contributed by atoms with Crippen molar-refractivity contribution in [2.75, 3.05) is 13.2 Å².